The van der Waals surface area contributed by atoms with Crippen LogP contribution in [0.3, 0.4) is 0 Å². The number of fused-ring (bicyclic) bond motifs is 3. The molecule has 3 saturated carbocycles. The first-order valence-corrected chi connectivity index (χ1v) is 10.2. The number of morpholine rings is 1. The van der Waals surface area contributed by atoms with Gasteiger partial charge in [0.05, 0.1) is 25.9 Å². The maximum absolute atomic E-state index is 13.1. The molecule has 2 aliphatic heterocycles. The Morgan fingerprint density at radius 3 is 2.82 bits per heavy atom. The molecule has 7 heteroatoms. The van der Waals surface area contributed by atoms with Crippen molar-refractivity contribution in [2.24, 2.45) is 17.8 Å². The van der Waals surface area contributed by atoms with Crippen molar-refractivity contribution in [3.8, 4) is 11.5 Å². The Balaban J connectivity index is 1.38. The molecule has 4 atom stereocenters. The van der Waals surface area contributed by atoms with Crippen molar-refractivity contribution in [3.05, 3.63) is 23.8 Å². The highest BCUT2D eigenvalue weighted by atomic mass is 16.5. The second-order valence-corrected chi connectivity index (χ2v) is 8.33. The third kappa shape index (κ3) is 2.75. The van der Waals surface area contributed by atoms with Crippen molar-refractivity contribution < 1.29 is 23.8 Å². The summed E-state index contributed by atoms with van der Waals surface area (Å²) in [7, 11) is 1.60. The lowest BCUT2D eigenvalue weighted by atomic mass is 9.59. The van der Waals surface area contributed by atoms with Crippen LogP contribution >= 0.6 is 0 Å². The van der Waals surface area contributed by atoms with Crippen LogP contribution in [-0.2, 0) is 9.53 Å². The maximum atomic E-state index is 13.1. The van der Waals surface area contributed by atoms with Crippen LogP contribution in [0.1, 0.15) is 36.0 Å². The first-order valence-electron chi connectivity index (χ1n) is 10.2. The molecule has 1 N–H and O–H groups in total. The highest BCUT2D eigenvalue weighted by Crippen LogP contribution is 2.53. The van der Waals surface area contributed by atoms with Gasteiger partial charge in [0, 0.05) is 37.4 Å². The molecule has 1 saturated heterocycles. The molecule has 1 spiro atoms. The summed E-state index contributed by atoms with van der Waals surface area (Å²) in [5.74, 6) is 1.78. The largest absolute Gasteiger partial charge is 0.497 e. The first kappa shape index (κ1) is 17.8. The lowest BCUT2D eigenvalue weighted by molar-refractivity contribution is -0.158. The van der Waals surface area contributed by atoms with Crippen molar-refractivity contribution in [1.29, 1.82) is 0 Å². The van der Waals surface area contributed by atoms with E-state index in [0.29, 0.717) is 49.8 Å². The number of ether oxygens (including phenoxy) is 3. The van der Waals surface area contributed by atoms with Crippen molar-refractivity contribution in [1.82, 2.24) is 10.2 Å². The Morgan fingerprint density at radius 1 is 1.29 bits per heavy atom. The number of methoxy groups -OCH3 is 1. The van der Waals surface area contributed by atoms with Gasteiger partial charge in [0.25, 0.3) is 5.91 Å². The quantitative estimate of drug-likeness (QED) is 0.839. The summed E-state index contributed by atoms with van der Waals surface area (Å²) in [6, 6.07) is 5.29. The molecule has 4 fully saturated rings. The summed E-state index contributed by atoms with van der Waals surface area (Å²) >= 11 is 0. The standard InChI is InChI=1S/C21H26N2O5/c1-26-15-4-5-16-18(11-15)28-21(22-19(16)24)12-13-2-3-14(21)10-17(13)20(25)23-6-8-27-9-7-23/h4-5,11,13-14,17H,2-3,6-10,12H2,1H3,(H,22,24)/t13-,14+,17-,21-/m1/s1. The van der Waals surface area contributed by atoms with Gasteiger partial charge in [0.2, 0.25) is 5.91 Å². The third-order valence-corrected chi connectivity index (χ3v) is 6.91. The van der Waals surface area contributed by atoms with E-state index in [1.54, 1.807) is 25.3 Å². The molecule has 28 heavy (non-hydrogen) atoms. The molecular formula is C21H26N2O5. The Hall–Kier alpha value is -2.28. The van der Waals surface area contributed by atoms with Gasteiger partial charge < -0.3 is 24.4 Å². The zero-order valence-corrected chi connectivity index (χ0v) is 16.1. The van der Waals surface area contributed by atoms with E-state index < -0.39 is 5.72 Å². The monoisotopic (exact) mass is 386 g/mol. The molecule has 1 aromatic rings. The van der Waals surface area contributed by atoms with Gasteiger partial charge in [-0.25, -0.2) is 0 Å². The fourth-order valence-corrected chi connectivity index (χ4v) is 5.44. The third-order valence-electron chi connectivity index (χ3n) is 6.91. The van der Waals surface area contributed by atoms with E-state index in [1.807, 2.05) is 4.90 Å². The van der Waals surface area contributed by atoms with E-state index in [2.05, 4.69) is 5.32 Å². The molecule has 5 aliphatic rings. The fraction of sp³-hybridized carbons (Fsp3) is 0.619. The van der Waals surface area contributed by atoms with E-state index in [0.717, 1.165) is 19.3 Å². The normalized spacial score (nSPS) is 33.8. The van der Waals surface area contributed by atoms with Crippen LogP contribution in [0.25, 0.3) is 0 Å². The number of nitrogens with zero attached hydrogens (tertiary/aromatic N) is 1. The molecule has 7 nitrogen and oxygen atoms in total. The van der Waals surface area contributed by atoms with Crippen molar-refractivity contribution in [2.45, 2.75) is 31.4 Å². The van der Waals surface area contributed by atoms with E-state index >= 15 is 0 Å². The summed E-state index contributed by atoms with van der Waals surface area (Å²) in [4.78, 5) is 27.8. The summed E-state index contributed by atoms with van der Waals surface area (Å²) in [6.07, 6.45) is 3.43. The molecule has 2 amide bonds. The fourth-order valence-electron chi connectivity index (χ4n) is 5.44. The summed E-state index contributed by atoms with van der Waals surface area (Å²) in [6.45, 7) is 2.60. The van der Waals surface area contributed by atoms with Gasteiger partial charge >= 0.3 is 0 Å². The molecule has 2 heterocycles. The molecule has 150 valence electrons. The van der Waals surface area contributed by atoms with Gasteiger partial charge in [0.1, 0.15) is 11.5 Å². The highest BCUT2D eigenvalue weighted by molar-refractivity contribution is 5.98. The van der Waals surface area contributed by atoms with E-state index in [4.69, 9.17) is 14.2 Å². The average Bonchev–Trinajstić information content (AvgIpc) is 2.73. The smallest absolute Gasteiger partial charge is 0.258 e. The van der Waals surface area contributed by atoms with Crippen LogP contribution < -0.4 is 14.8 Å². The average molecular weight is 386 g/mol. The van der Waals surface area contributed by atoms with Gasteiger partial charge in [-0.2, -0.15) is 0 Å². The lowest BCUT2D eigenvalue weighted by Gasteiger charge is -2.55. The van der Waals surface area contributed by atoms with Gasteiger partial charge in [-0.1, -0.05) is 0 Å². The predicted octanol–water partition coefficient (Wildman–Crippen LogP) is 1.81. The van der Waals surface area contributed by atoms with E-state index in [-0.39, 0.29) is 29.6 Å². The number of nitrogens with one attached hydrogen (secondary N) is 1. The summed E-state index contributed by atoms with van der Waals surface area (Å²) in [5, 5.41) is 3.15. The van der Waals surface area contributed by atoms with Crippen molar-refractivity contribution >= 4 is 11.8 Å². The Labute approximate surface area is 164 Å². The molecule has 0 unspecified atom stereocenters. The van der Waals surface area contributed by atoms with Crippen molar-refractivity contribution in [2.75, 3.05) is 33.4 Å². The maximum Gasteiger partial charge on any atom is 0.258 e. The topological polar surface area (TPSA) is 77.1 Å². The van der Waals surface area contributed by atoms with Crippen LogP contribution in [0.2, 0.25) is 0 Å². The lowest BCUT2D eigenvalue weighted by Crippen LogP contribution is -2.67. The number of carbonyl (C=O) groups excluding carboxylic acids is 2. The number of benzene rings is 1. The number of rotatable bonds is 2. The highest BCUT2D eigenvalue weighted by Gasteiger charge is 2.57. The Morgan fingerprint density at radius 2 is 2.11 bits per heavy atom. The van der Waals surface area contributed by atoms with Gasteiger partial charge in [-0.05, 0) is 37.3 Å². The molecule has 1 aromatic carbocycles. The molecule has 2 bridgehead atoms. The van der Waals surface area contributed by atoms with Crippen LogP contribution in [-0.4, -0.2) is 55.9 Å². The van der Waals surface area contributed by atoms with Crippen LogP contribution in [0.15, 0.2) is 18.2 Å². The zero-order chi connectivity index (χ0) is 19.3. The van der Waals surface area contributed by atoms with Gasteiger partial charge in [-0.15, -0.1) is 0 Å². The Kier molecular flexibility index (Phi) is 4.23. The van der Waals surface area contributed by atoms with Crippen LogP contribution in [0, 0.1) is 17.8 Å². The van der Waals surface area contributed by atoms with Crippen LogP contribution in [0.4, 0.5) is 0 Å². The summed E-state index contributed by atoms with van der Waals surface area (Å²) < 4.78 is 17.1. The van der Waals surface area contributed by atoms with Gasteiger partial charge in [0.15, 0.2) is 5.72 Å². The molecule has 6 rings (SSSR count). The SMILES string of the molecule is COc1ccc2c(c1)O[C@@]1(C[C@H]3CC[C@H]1C[C@H]3C(=O)N1CCOCC1)NC2=O. The number of amides is 2. The molecule has 0 radical (unpaired) electrons. The zero-order valence-electron chi connectivity index (χ0n) is 16.1. The summed E-state index contributed by atoms with van der Waals surface area (Å²) in [5.41, 5.74) is -0.171. The number of hydrogen-bond acceptors (Lipinski definition) is 5. The van der Waals surface area contributed by atoms with Gasteiger partial charge in [-0.3, -0.25) is 9.59 Å². The molecule has 0 aromatic heterocycles. The second kappa shape index (κ2) is 6.65. The second-order valence-electron chi connectivity index (χ2n) is 8.33. The molecule has 3 aliphatic carbocycles. The molecular weight excluding hydrogens is 360 g/mol. The van der Waals surface area contributed by atoms with Crippen LogP contribution in [0.5, 0.6) is 11.5 Å². The minimum atomic E-state index is -0.707. The van der Waals surface area contributed by atoms with E-state index in [1.165, 1.54) is 0 Å². The Bertz CT molecular complexity index is 806. The minimum Gasteiger partial charge on any atom is -0.497 e. The minimum absolute atomic E-state index is 0.0229. The van der Waals surface area contributed by atoms with E-state index in [9.17, 15) is 9.59 Å². The number of hydrogen-bond donors (Lipinski definition) is 1. The first-order chi connectivity index (χ1) is 13.6. The predicted molar refractivity (Wildman–Crippen MR) is 100 cm³/mol. The van der Waals surface area contributed by atoms with Crippen molar-refractivity contribution in [3.63, 3.8) is 0 Å². The number of carbonyl (C=O) groups is 2.